The molecule has 0 saturated heterocycles. The molecule has 0 radical (unpaired) electrons. The van der Waals surface area contributed by atoms with Crippen LogP contribution in [0.2, 0.25) is 0 Å². The van der Waals surface area contributed by atoms with E-state index in [9.17, 15) is 9.18 Å². The lowest BCUT2D eigenvalue weighted by atomic mass is 10.1. The smallest absolute Gasteiger partial charge is 0.244 e. The van der Waals surface area contributed by atoms with Gasteiger partial charge in [-0.15, -0.1) is 5.10 Å². The highest BCUT2D eigenvalue weighted by molar-refractivity contribution is 5.76. The number of nitrogens with two attached hydrogens (primary N) is 1. The van der Waals surface area contributed by atoms with E-state index in [0.29, 0.717) is 5.69 Å². The van der Waals surface area contributed by atoms with Gasteiger partial charge in [-0.2, -0.15) is 0 Å². The minimum atomic E-state index is -0.295. The summed E-state index contributed by atoms with van der Waals surface area (Å²) in [5.41, 5.74) is 6.95. The van der Waals surface area contributed by atoms with Crippen LogP contribution in [-0.2, 0) is 17.9 Å². The fourth-order valence-electron chi connectivity index (χ4n) is 1.94. The minimum absolute atomic E-state index is 0.0923. The monoisotopic (exact) mass is 291 g/mol. The summed E-state index contributed by atoms with van der Waals surface area (Å²) in [6.45, 7) is 2.27. The van der Waals surface area contributed by atoms with Gasteiger partial charge in [-0.05, 0) is 24.6 Å². The van der Waals surface area contributed by atoms with Crippen molar-refractivity contribution in [1.29, 1.82) is 0 Å². The van der Waals surface area contributed by atoms with Crippen LogP contribution in [-0.4, -0.2) is 32.8 Å². The second-order valence-corrected chi connectivity index (χ2v) is 4.84. The van der Waals surface area contributed by atoms with Crippen LogP contribution in [0.15, 0.2) is 30.5 Å². The first-order valence-corrected chi connectivity index (χ1v) is 6.61. The van der Waals surface area contributed by atoms with Crippen LogP contribution in [0.3, 0.4) is 0 Å². The summed E-state index contributed by atoms with van der Waals surface area (Å²) in [7, 11) is 1.71. The summed E-state index contributed by atoms with van der Waals surface area (Å²) in [5, 5.41) is 7.68. The van der Waals surface area contributed by atoms with E-state index >= 15 is 0 Å². The van der Waals surface area contributed by atoms with Gasteiger partial charge in [0.05, 0.1) is 17.9 Å². The average Bonchev–Trinajstić information content (AvgIpc) is 2.94. The Balaban J connectivity index is 2.02. The molecule has 0 spiro atoms. The number of hydrogen-bond acceptors (Lipinski definition) is 4. The van der Waals surface area contributed by atoms with E-state index in [1.165, 1.54) is 16.8 Å². The van der Waals surface area contributed by atoms with Crippen molar-refractivity contribution in [3.05, 3.63) is 47.5 Å². The quantitative estimate of drug-likeness (QED) is 0.894. The largest absolute Gasteiger partial charge is 0.337 e. The molecular weight excluding hydrogens is 273 g/mol. The standard InChI is InChI=1S/C14H18FN5O/c1-10(11-3-5-12(15)6-4-11)19(2)14(21)9-20-8-13(7-16)17-18-20/h3-6,8,10H,7,9,16H2,1-2H3. The molecule has 1 aromatic carbocycles. The topological polar surface area (TPSA) is 77.0 Å². The summed E-state index contributed by atoms with van der Waals surface area (Å²) in [5.74, 6) is -0.405. The van der Waals surface area contributed by atoms with E-state index in [-0.39, 0.29) is 30.9 Å². The minimum Gasteiger partial charge on any atom is -0.337 e. The Morgan fingerprint density at radius 3 is 2.67 bits per heavy atom. The third kappa shape index (κ3) is 3.63. The number of carbonyl (C=O) groups is 1. The van der Waals surface area contributed by atoms with Crippen molar-refractivity contribution in [3.63, 3.8) is 0 Å². The molecule has 1 unspecified atom stereocenters. The molecule has 1 amide bonds. The van der Waals surface area contributed by atoms with Crippen molar-refractivity contribution in [1.82, 2.24) is 19.9 Å². The maximum Gasteiger partial charge on any atom is 0.244 e. The van der Waals surface area contributed by atoms with Gasteiger partial charge in [0.15, 0.2) is 0 Å². The van der Waals surface area contributed by atoms with E-state index < -0.39 is 0 Å². The Hall–Kier alpha value is -2.28. The van der Waals surface area contributed by atoms with E-state index in [1.54, 1.807) is 30.3 Å². The second-order valence-electron chi connectivity index (χ2n) is 4.84. The first-order valence-electron chi connectivity index (χ1n) is 6.61. The molecule has 2 rings (SSSR count). The normalized spacial score (nSPS) is 12.2. The Morgan fingerprint density at radius 1 is 1.43 bits per heavy atom. The van der Waals surface area contributed by atoms with Gasteiger partial charge >= 0.3 is 0 Å². The highest BCUT2D eigenvalue weighted by atomic mass is 19.1. The lowest BCUT2D eigenvalue weighted by Crippen LogP contribution is -2.32. The number of benzene rings is 1. The van der Waals surface area contributed by atoms with Crippen molar-refractivity contribution in [2.24, 2.45) is 5.73 Å². The van der Waals surface area contributed by atoms with Crippen molar-refractivity contribution in [3.8, 4) is 0 Å². The van der Waals surface area contributed by atoms with Crippen molar-refractivity contribution >= 4 is 5.91 Å². The Kier molecular flexibility index (Phi) is 4.64. The maximum atomic E-state index is 12.9. The van der Waals surface area contributed by atoms with E-state index in [1.807, 2.05) is 6.92 Å². The number of nitrogens with zero attached hydrogens (tertiary/aromatic N) is 4. The molecule has 21 heavy (non-hydrogen) atoms. The van der Waals surface area contributed by atoms with Crippen LogP contribution < -0.4 is 5.73 Å². The fraction of sp³-hybridized carbons (Fsp3) is 0.357. The zero-order valence-electron chi connectivity index (χ0n) is 12.0. The first-order chi connectivity index (χ1) is 10.0. The lowest BCUT2D eigenvalue weighted by molar-refractivity contribution is -0.132. The molecular formula is C14H18FN5O. The van der Waals surface area contributed by atoms with Crippen molar-refractivity contribution in [2.75, 3.05) is 7.05 Å². The Labute approximate surface area is 122 Å². The number of carbonyl (C=O) groups excluding carboxylic acids is 1. The van der Waals surface area contributed by atoms with Gasteiger partial charge in [0.2, 0.25) is 5.91 Å². The summed E-state index contributed by atoms with van der Waals surface area (Å²) >= 11 is 0. The van der Waals surface area contributed by atoms with E-state index in [2.05, 4.69) is 10.3 Å². The molecule has 1 aromatic heterocycles. The van der Waals surface area contributed by atoms with Gasteiger partial charge in [-0.25, -0.2) is 9.07 Å². The molecule has 2 N–H and O–H groups in total. The molecule has 0 fully saturated rings. The van der Waals surface area contributed by atoms with Crippen LogP contribution in [0.1, 0.15) is 24.2 Å². The molecule has 112 valence electrons. The summed E-state index contributed by atoms with van der Waals surface area (Å²) in [4.78, 5) is 13.8. The second kappa shape index (κ2) is 6.45. The predicted octanol–water partition coefficient (Wildman–Crippen LogP) is 1.10. The van der Waals surface area contributed by atoms with Crippen LogP contribution in [0.25, 0.3) is 0 Å². The molecule has 7 heteroatoms. The highest BCUT2D eigenvalue weighted by Gasteiger charge is 2.18. The van der Waals surface area contributed by atoms with Gasteiger partial charge in [0.1, 0.15) is 12.4 Å². The van der Waals surface area contributed by atoms with Gasteiger partial charge in [0.25, 0.3) is 0 Å². The fourth-order valence-corrected chi connectivity index (χ4v) is 1.94. The van der Waals surface area contributed by atoms with Crippen molar-refractivity contribution < 1.29 is 9.18 Å². The zero-order valence-corrected chi connectivity index (χ0v) is 12.0. The molecule has 0 aliphatic heterocycles. The third-order valence-electron chi connectivity index (χ3n) is 3.42. The van der Waals surface area contributed by atoms with E-state index in [4.69, 9.17) is 5.73 Å². The average molecular weight is 291 g/mol. The van der Waals surface area contributed by atoms with Crippen LogP contribution in [0, 0.1) is 5.82 Å². The predicted molar refractivity (Wildman–Crippen MR) is 75.5 cm³/mol. The van der Waals surface area contributed by atoms with Gasteiger partial charge < -0.3 is 10.6 Å². The molecule has 0 saturated carbocycles. The van der Waals surface area contributed by atoms with Gasteiger partial charge in [-0.3, -0.25) is 4.79 Å². The van der Waals surface area contributed by atoms with Gasteiger partial charge in [-0.1, -0.05) is 17.3 Å². The van der Waals surface area contributed by atoms with Crippen LogP contribution in [0.5, 0.6) is 0 Å². The number of amides is 1. The maximum absolute atomic E-state index is 12.9. The molecule has 1 heterocycles. The summed E-state index contributed by atoms with van der Waals surface area (Å²) in [6.07, 6.45) is 1.65. The Morgan fingerprint density at radius 2 is 2.10 bits per heavy atom. The lowest BCUT2D eigenvalue weighted by Gasteiger charge is -2.25. The molecule has 0 aliphatic rings. The number of aromatic nitrogens is 3. The molecule has 1 atom stereocenters. The first kappa shape index (κ1) is 15.1. The van der Waals surface area contributed by atoms with E-state index in [0.717, 1.165) is 5.56 Å². The number of likely N-dealkylation sites (N-methyl/N-ethyl adjacent to an activating group) is 1. The zero-order chi connectivity index (χ0) is 15.4. The van der Waals surface area contributed by atoms with Crippen LogP contribution >= 0.6 is 0 Å². The molecule has 6 nitrogen and oxygen atoms in total. The highest BCUT2D eigenvalue weighted by Crippen LogP contribution is 2.19. The summed E-state index contributed by atoms with van der Waals surface area (Å²) in [6, 6.07) is 5.96. The molecule has 0 aliphatic carbocycles. The SMILES string of the molecule is CC(c1ccc(F)cc1)N(C)C(=O)Cn1cc(CN)nn1. The van der Waals surface area contributed by atoms with Crippen LogP contribution in [0.4, 0.5) is 4.39 Å². The van der Waals surface area contributed by atoms with Crippen molar-refractivity contribution in [2.45, 2.75) is 26.1 Å². The number of rotatable bonds is 5. The Bertz CT molecular complexity index is 610. The molecule has 0 bridgehead atoms. The van der Waals surface area contributed by atoms with Gasteiger partial charge in [0, 0.05) is 13.6 Å². The molecule has 2 aromatic rings. The third-order valence-corrected chi connectivity index (χ3v) is 3.42. The summed E-state index contributed by atoms with van der Waals surface area (Å²) < 4.78 is 14.4. The number of halogens is 1. The number of hydrogen-bond donors (Lipinski definition) is 1.